The van der Waals surface area contributed by atoms with E-state index in [0.29, 0.717) is 5.69 Å². The Kier molecular flexibility index (Phi) is 3.76. The molecule has 4 nitrogen and oxygen atoms in total. The van der Waals surface area contributed by atoms with Gasteiger partial charge in [0.2, 0.25) is 0 Å². The van der Waals surface area contributed by atoms with Gasteiger partial charge in [0.15, 0.2) is 0 Å². The SMILES string of the molecule is OCc1cn(CCSC(F)(F)F)nn1. The van der Waals surface area contributed by atoms with Gasteiger partial charge in [0.05, 0.1) is 19.3 Å². The first-order chi connectivity index (χ1) is 6.51. The van der Waals surface area contributed by atoms with Crippen molar-refractivity contribution in [1.29, 1.82) is 0 Å². The van der Waals surface area contributed by atoms with Gasteiger partial charge in [-0.15, -0.1) is 5.10 Å². The van der Waals surface area contributed by atoms with Crippen molar-refractivity contribution < 1.29 is 18.3 Å². The van der Waals surface area contributed by atoms with E-state index in [1.165, 1.54) is 10.9 Å². The van der Waals surface area contributed by atoms with Gasteiger partial charge in [0, 0.05) is 5.75 Å². The average molecular weight is 227 g/mol. The van der Waals surface area contributed by atoms with Crippen LogP contribution in [0.15, 0.2) is 6.20 Å². The zero-order valence-corrected chi connectivity index (χ0v) is 7.85. The molecule has 1 heterocycles. The van der Waals surface area contributed by atoms with Crippen LogP contribution in [0.25, 0.3) is 0 Å². The molecule has 0 saturated carbocycles. The van der Waals surface area contributed by atoms with Crippen molar-refractivity contribution in [3.63, 3.8) is 0 Å². The molecule has 1 rings (SSSR count). The van der Waals surface area contributed by atoms with Gasteiger partial charge in [-0.3, -0.25) is 4.68 Å². The van der Waals surface area contributed by atoms with Gasteiger partial charge in [0.25, 0.3) is 0 Å². The molecule has 1 N–H and O–H groups in total. The Morgan fingerprint density at radius 3 is 2.71 bits per heavy atom. The Morgan fingerprint density at radius 2 is 2.21 bits per heavy atom. The van der Waals surface area contributed by atoms with Gasteiger partial charge in [-0.2, -0.15) is 13.2 Å². The van der Waals surface area contributed by atoms with Crippen LogP contribution in [0.2, 0.25) is 0 Å². The van der Waals surface area contributed by atoms with Crippen LogP contribution in [0.1, 0.15) is 5.69 Å². The Morgan fingerprint density at radius 1 is 1.50 bits per heavy atom. The number of halogens is 3. The van der Waals surface area contributed by atoms with Crippen molar-refractivity contribution >= 4 is 11.8 Å². The maximum Gasteiger partial charge on any atom is 0.441 e. The summed E-state index contributed by atoms with van der Waals surface area (Å²) in [6.07, 6.45) is 1.41. The summed E-state index contributed by atoms with van der Waals surface area (Å²) in [4.78, 5) is 0. The fraction of sp³-hybridized carbons (Fsp3) is 0.667. The molecule has 0 atom stereocenters. The van der Waals surface area contributed by atoms with E-state index in [0.717, 1.165) is 0 Å². The van der Waals surface area contributed by atoms with E-state index in [1.54, 1.807) is 0 Å². The predicted molar refractivity (Wildman–Crippen MR) is 44.5 cm³/mol. The third kappa shape index (κ3) is 3.97. The number of aliphatic hydroxyl groups is 1. The molecule has 8 heteroatoms. The molecule has 0 fully saturated rings. The number of aryl methyl sites for hydroxylation is 1. The number of rotatable bonds is 4. The first-order valence-electron chi connectivity index (χ1n) is 3.72. The molecular weight excluding hydrogens is 219 g/mol. The molecule has 0 aliphatic rings. The Labute approximate surface area is 82.1 Å². The van der Waals surface area contributed by atoms with E-state index >= 15 is 0 Å². The summed E-state index contributed by atoms with van der Waals surface area (Å²) in [5.74, 6) is -0.113. The number of thioether (sulfide) groups is 1. The van der Waals surface area contributed by atoms with Crippen molar-refractivity contribution in [3.8, 4) is 0 Å². The van der Waals surface area contributed by atoms with E-state index in [4.69, 9.17) is 5.11 Å². The number of nitrogens with zero attached hydrogens (tertiary/aromatic N) is 3. The van der Waals surface area contributed by atoms with Crippen LogP contribution in [0.5, 0.6) is 0 Å². The van der Waals surface area contributed by atoms with Crippen LogP contribution in [-0.2, 0) is 13.2 Å². The highest BCUT2D eigenvalue weighted by Gasteiger charge is 2.27. The molecule has 0 radical (unpaired) electrons. The van der Waals surface area contributed by atoms with E-state index in [-0.39, 0.29) is 30.7 Å². The highest BCUT2D eigenvalue weighted by atomic mass is 32.2. The van der Waals surface area contributed by atoms with Crippen LogP contribution in [0.4, 0.5) is 13.2 Å². The standard InChI is InChI=1S/C6H8F3N3OS/c7-6(8,9)14-2-1-12-3-5(4-13)10-11-12/h3,13H,1-2,4H2. The molecular formula is C6H8F3N3OS. The van der Waals surface area contributed by atoms with Crippen LogP contribution < -0.4 is 0 Å². The number of aliphatic hydroxyl groups excluding tert-OH is 1. The molecule has 1 aromatic rings. The van der Waals surface area contributed by atoms with Gasteiger partial charge < -0.3 is 5.11 Å². The molecule has 14 heavy (non-hydrogen) atoms. The summed E-state index contributed by atoms with van der Waals surface area (Å²) < 4.78 is 36.4. The topological polar surface area (TPSA) is 50.9 Å². The minimum absolute atomic E-state index is 0.106. The van der Waals surface area contributed by atoms with E-state index in [1.807, 2.05) is 0 Å². The average Bonchev–Trinajstić information content (AvgIpc) is 2.50. The lowest BCUT2D eigenvalue weighted by Crippen LogP contribution is -2.07. The molecule has 0 unspecified atom stereocenters. The van der Waals surface area contributed by atoms with Crippen molar-refractivity contribution in [2.24, 2.45) is 0 Å². The Hall–Kier alpha value is -0.760. The second-order valence-electron chi connectivity index (χ2n) is 2.43. The summed E-state index contributed by atoms with van der Waals surface area (Å²) in [6, 6.07) is 0. The minimum atomic E-state index is -4.21. The highest BCUT2D eigenvalue weighted by Crippen LogP contribution is 2.29. The fourth-order valence-corrected chi connectivity index (χ4v) is 1.28. The lowest BCUT2D eigenvalue weighted by molar-refractivity contribution is -0.0328. The number of hydrogen-bond acceptors (Lipinski definition) is 4. The Balaban J connectivity index is 2.31. The summed E-state index contributed by atoms with van der Waals surface area (Å²) in [5.41, 5.74) is -3.86. The quantitative estimate of drug-likeness (QED) is 0.834. The van der Waals surface area contributed by atoms with Crippen molar-refractivity contribution in [2.75, 3.05) is 5.75 Å². The highest BCUT2D eigenvalue weighted by molar-refractivity contribution is 8.00. The molecule has 1 aromatic heterocycles. The van der Waals surface area contributed by atoms with Crippen molar-refractivity contribution in [2.45, 2.75) is 18.7 Å². The minimum Gasteiger partial charge on any atom is -0.390 e. The first-order valence-corrected chi connectivity index (χ1v) is 4.70. The van der Waals surface area contributed by atoms with Gasteiger partial charge in [-0.25, -0.2) is 0 Å². The monoisotopic (exact) mass is 227 g/mol. The lowest BCUT2D eigenvalue weighted by atomic mass is 10.5. The molecule has 0 bridgehead atoms. The van der Waals surface area contributed by atoms with E-state index in [2.05, 4.69) is 10.3 Å². The third-order valence-electron chi connectivity index (χ3n) is 1.33. The number of aromatic nitrogens is 3. The fourth-order valence-electron chi connectivity index (χ4n) is 0.775. The summed E-state index contributed by atoms with van der Waals surface area (Å²) in [7, 11) is 0. The maximum absolute atomic E-state index is 11.7. The Bertz CT molecular complexity index is 288. The van der Waals surface area contributed by atoms with E-state index < -0.39 is 5.51 Å². The smallest absolute Gasteiger partial charge is 0.390 e. The van der Waals surface area contributed by atoms with Crippen LogP contribution in [-0.4, -0.2) is 31.4 Å². The summed E-state index contributed by atoms with van der Waals surface area (Å²) >= 11 is -0.106. The second kappa shape index (κ2) is 4.65. The molecule has 0 saturated heterocycles. The zero-order chi connectivity index (χ0) is 10.6. The molecule has 0 amide bonds. The molecule has 80 valence electrons. The van der Waals surface area contributed by atoms with Crippen molar-refractivity contribution in [3.05, 3.63) is 11.9 Å². The normalized spacial score (nSPS) is 12.0. The largest absolute Gasteiger partial charge is 0.441 e. The van der Waals surface area contributed by atoms with Gasteiger partial charge in [-0.1, -0.05) is 5.21 Å². The summed E-state index contributed by atoms with van der Waals surface area (Å²) in [5, 5.41) is 15.7. The lowest BCUT2D eigenvalue weighted by Gasteiger charge is -2.04. The maximum atomic E-state index is 11.7. The number of alkyl halides is 3. The van der Waals surface area contributed by atoms with Crippen LogP contribution >= 0.6 is 11.8 Å². The van der Waals surface area contributed by atoms with Crippen LogP contribution in [0, 0.1) is 0 Å². The van der Waals surface area contributed by atoms with E-state index in [9.17, 15) is 13.2 Å². The zero-order valence-electron chi connectivity index (χ0n) is 7.03. The second-order valence-corrected chi connectivity index (χ2v) is 3.59. The molecule has 0 aliphatic heterocycles. The molecule has 0 aromatic carbocycles. The predicted octanol–water partition coefficient (Wildman–Crippen LogP) is 1.02. The van der Waals surface area contributed by atoms with Crippen molar-refractivity contribution in [1.82, 2.24) is 15.0 Å². The summed E-state index contributed by atoms with van der Waals surface area (Å²) in [6.45, 7) is -0.135. The molecule has 0 aliphatic carbocycles. The van der Waals surface area contributed by atoms with Gasteiger partial charge in [-0.05, 0) is 11.8 Å². The molecule has 0 spiro atoms. The van der Waals surface area contributed by atoms with Gasteiger partial charge in [0.1, 0.15) is 5.69 Å². The van der Waals surface area contributed by atoms with Crippen LogP contribution in [0.3, 0.4) is 0 Å². The van der Waals surface area contributed by atoms with Gasteiger partial charge >= 0.3 is 5.51 Å². The third-order valence-corrected chi connectivity index (χ3v) is 2.05. The number of hydrogen-bond donors (Lipinski definition) is 1. The first kappa shape index (κ1) is 11.3.